The van der Waals surface area contributed by atoms with Gasteiger partial charge in [0.2, 0.25) is 0 Å². The highest BCUT2D eigenvalue weighted by Gasteiger charge is 2.17. The van der Waals surface area contributed by atoms with Crippen LogP contribution in [-0.2, 0) is 0 Å². The molecule has 0 radical (unpaired) electrons. The van der Waals surface area contributed by atoms with Crippen molar-refractivity contribution in [3.63, 3.8) is 0 Å². The normalized spacial score (nSPS) is 15.0. The summed E-state index contributed by atoms with van der Waals surface area (Å²) < 4.78 is 0. The third-order valence-corrected chi connectivity index (χ3v) is 2.85. The van der Waals surface area contributed by atoms with Crippen molar-refractivity contribution in [1.29, 1.82) is 0 Å². The molecule has 0 heterocycles. The molecule has 1 unspecified atom stereocenters. The van der Waals surface area contributed by atoms with Crippen molar-refractivity contribution in [3.8, 4) is 0 Å². The van der Waals surface area contributed by atoms with E-state index in [1.54, 1.807) is 0 Å². The van der Waals surface area contributed by atoms with E-state index in [0.29, 0.717) is 5.41 Å². The zero-order valence-corrected chi connectivity index (χ0v) is 10.5. The molecule has 0 bridgehead atoms. The zero-order valence-electron chi connectivity index (χ0n) is 10.5. The van der Waals surface area contributed by atoms with E-state index in [2.05, 4.69) is 41.5 Å². The van der Waals surface area contributed by atoms with Crippen LogP contribution in [0.2, 0.25) is 0 Å². The largest absolute Gasteiger partial charge is 0.0651 e. The minimum Gasteiger partial charge on any atom is -0.0651 e. The van der Waals surface area contributed by atoms with Crippen molar-refractivity contribution < 1.29 is 0 Å². The summed E-state index contributed by atoms with van der Waals surface area (Å²) >= 11 is 0. The molecule has 0 aliphatic carbocycles. The molecule has 0 aromatic rings. The maximum absolute atomic E-state index is 2.41. The second-order valence-electron chi connectivity index (χ2n) is 5.79. The lowest BCUT2D eigenvalue weighted by Gasteiger charge is -2.25. The third kappa shape index (κ3) is 7.10. The SMILES string of the molecule is CCC(CC)CC(C)CC(C)(C)C. The second kappa shape index (κ2) is 5.67. The number of rotatable bonds is 5. The molecular formula is C13H28. The van der Waals surface area contributed by atoms with Crippen molar-refractivity contribution in [2.75, 3.05) is 0 Å². The fourth-order valence-electron chi connectivity index (χ4n) is 2.32. The Morgan fingerprint density at radius 2 is 1.46 bits per heavy atom. The van der Waals surface area contributed by atoms with Crippen LogP contribution in [0, 0.1) is 17.3 Å². The zero-order chi connectivity index (χ0) is 10.5. The van der Waals surface area contributed by atoms with Gasteiger partial charge in [0.15, 0.2) is 0 Å². The molecule has 0 N–H and O–H groups in total. The summed E-state index contributed by atoms with van der Waals surface area (Å²) in [5.74, 6) is 1.85. The average molecular weight is 184 g/mol. The van der Waals surface area contributed by atoms with Crippen LogP contribution >= 0.6 is 0 Å². The number of hydrogen-bond donors (Lipinski definition) is 0. The maximum Gasteiger partial charge on any atom is -0.0380 e. The molecule has 0 aromatic carbocycles. The fraction of sp³-hybridized carbons (Fsp3) is 1.00. The van der Waals surface area contributed by atoms with E-state index in [-0.39, 0.29) is 0 Å². The van der Waals surface area contributed by atoms with Gasteiger partial charge in [-0.25, -0.2) is 0 Å². The molecule has 0 spiro atoms. The average Bonchev–Trinajstić information content (AvgIpc) is 1.96. The molecule has 80 valence electrons. The van der Waals surface area contributed by atoms with Crippen LogP contribution in [0.5, 0.6) is 0 Å². The highest BCUT2D eigenvalue weighted by atomic mass is 14.2. The Bertz CT molecular complexity index is 114. The molecular weight excluding hydrogens is 156 g/mol. The van der Waals surface area contributed by atoms with Gasteiger partial charge in [0, 0.05) is 0 Å². The molecule has 13 heavy (non-hydrogen) atoms. The summed E-state index contributed by atoms with van der Waals surface area (Å²) in [7, 11) is 0. The van der Waals surface area contributed by atoms with E-state index < -0.39 is 0 Å². The number of hydrogen-bond acceptors (Lipinski definition) is 0. The first-order valence-corrected chi connectivity index (χ1v) is 5.89. The van der Waals surface area contributed by atoms with E-state index in [1.165, 1.54) is 25.7 Å². The van der Waals surface area contributed by atoms with Crippen LogP contribution in [0.15, 0.2) is 0 Å². The summed E-state index contributed by atoms with van der Waals surface area (Å²) in [6.07, 6.45) is 5.49. The van der Waals surface area contributed by atoms with Crippen LogP contribution in [0.25, 0.3) is 0 Å². The fourth-order valence-corrected chi connectivity index (χ4v) is 2.32. The van der Waals surface area contributed by atoms with Crippen LogP contribution in [0.1, 0.15) is 67.2 Å². The van der Waals surface area contributed by atoms with E-state index in [0.717, 1.165) is 11.8 Å². The predicted molar refractivity (Wildman–Crippen MR) is 61.9 cm³/mol. The van der Waals surface area contributed by atoms with Crippen LogP contribution in [-0.4, -0.2) is 0 Å². The lowest BCUT2D eigenvalue weighted by molar-refractivity contribution is 0.262. The molecule has 0 heteroatoms. The monoisotopic (exact) mass is 184 g/mol. The maximum atomic E-state index is 2.41. The summed E-state index contributed by atoms with van der Waals surface area (Å²) in [5.41, 5.74) is 0.505. The smallest absolute Gasteiger partial charge is 0.0380 e. The minimum absolute atomic E-state index is 0.505. The van der Waals surface area contributed by atoms with Crippen molar-refractivity contribution in [2.45, 2.75) is 67.2 Å². The van der Waals surface area contributed by atoms with Gasteiger partial charge in [-0.1, -0.05) is 54.4 Å². The van der Waals surface area contributed by atoms with Gasteiger partial charge in [0.25, 0.3) is 0 Å². The van der Waals surface area contributed by atoms with Gasteiger partial charge in [0.05, 0.1) is 0 Å². The highest BCUT2D eigenvalue weighted by Crippen LogP contribution is 2.29. The van der Waals surface area contributed by atoms with Crippen molar-refractivity contribution in [1.82, 2.24) is 0 Å². The highest BCUT2D eigenvalue weighted by molar-refractivity contribution is 4.68. The standard InChI is InChI=1S/C13H28/c1-7-12(8-2)9-11(3)10-13(4,5)6/h11-12H,7-10H2,1-6H3. The van der Waals surface area contributed by atoms with Crippen LogP contribution < -0.4 is 0 Å². The van der Waals surface area contributed by atoms with Gasteiger partial charge < -0.3 is 0 Å². The van der Waals surface area contributed by atoms with Crippen LogP contribution in [0.3, 0.4) is 0 Å². The van der Waals surface area contributed by atoms with Gasteiger partial charge in [-0.3, -0.25) is 0 Å². The Hall–Kier alpha value is 0. The van der Waals surface area contributed by atoms with E-state index in [4.69, 9.17) is 0 Å². The summed E-state index contributed by atoms with van der Waals surface area (Å²) in [6.45, 7) is 14.1. The van der Waals surface area contributed by atoms with E-state index in [1.807, 2.05) is 0 Å². The molecule has 0 aliphatic rings. The third-order valence-electron chi connectivity index (χ3n) is 2.85. The first kappa shape index (κ1) is 13.0. The molecule has 0 aromatic heterocycles. The lowest BCUT2D eigenvalue weighted by Crippen LogP contribution is -2.13. The molecule has 0 aliphatic heterocycles. The van der Waals surface area contributed by atoms with E-state index >= 15 is 0 Å². The Morgan fingerprint density at radius 3 is 1.77 bits per heavy atom. The summed E-state index contributed by atoms with van der Waals surface area (Å²) in [4.78, 5) is 0. The Balaban J connectivity index is 3.79. The molecule has 0 amide bonds. The van der Waals surface area contributed by atoms with Crippen LogP contribution in [0.4, 0.5) is 0 Å². The van der Waals surface area contributed by atoms with Gasteiger partial charge in [0.1, 0.15) is 0 Å². The Kier molecular flexibility index (Phi) is 5.67. The molecule has 0 rings (SSSR count). The van der Waals surface area contributed by atoms with Crippen molar-refractivity contribution in [2.24, 2.45) is 17.3 Å². The van der Waals surface area contributed by atoms with Gasteiger partial charge in [-0.05, 0) is 30.1 Å². The van der Waals surface area contributed by atoms with Gasteiger partial charge in [-0.2, -0.15) is 0 Å². The molecule has 0 saturated heterocycles. The Morgan fingerprint density at radius 1 is 1.00 bits per heavy atom. The quantitative estimate of drug-likeness (QED) is 0.571. The Labute approximate surface area is 85.1 Å². The van der Waals surface area contributed by atoms with E-state index in [9.17, 15) is 0 Å². The summed E-state index contributed by atoms with van der Waals surface area (Å²) in [6, 6.07) is 0. The van der Waals surface area contributed by atoms with Gasteiger partial charge in [-0.15, -0.1) is 0 Å². The van der Waals surface area contributed by atoms with Crippen molar-refractivity contribution in [3.05, 3.63) is 0 Å². The predicted octanol–water partition coefficient (Wildman–Crippen LogP) is 4.89. The van der Waals surface area contributed by atoms with Crippen molar-refractivity contribution >= 4 is 0 Å². The first-order chi connectivity index (χ1) is 5.89. The molecule has 0 saturated carbocycles. The van der Waals surface area contributed by atoms with Gasteiger partial charge >= 0.3 is 0 Å². The topological polar surface area (TPSA) is 0 Å². The first-order valence-electron chi connectivity index (χ1n) is 5.89. The molecule has 1 atom stereocenters. The molecule has 0 fully saturated rings. The lowest BCUT2D eigenvalue weighted by atomic mass is 9.80. The summed E-state index contributed by atoms with van der Waals surface area (Å²) in [5, 5.41) is 0. The molecule has 0 nitrogen and oxygen atoms in total. The minimum atomic E-state index is 0.505. The second-order valence-corrected chi connectivity index (χ2v) is 5.79.